The molecule has 0 bridgehead atoms. The maximum absolute atomic E-state index is 12.5. The number of hydrogen-bond acceptors (Lipinski definition) is 4. The van der Waals surface area contributed by atoms with Gasteiger partial charge < -0.3 is 4.98 Å². The van der Waals surface area contributed by atoms with Gasteiger partial charge >= 0.3 is 0 Å². The van der Waals surface area contributed by atoms with Crippen molar-refractivity contribution in [3.05, 3.63) is 80.6 Å². The van der Waals surface area contributed by atoms with Crippen molar-refractivity contribution in [1.29, 1.82) is 0 Å². The molecular weight excluding hydrogens is 372 g/mol. The number of nitrogens with one attached hydrogen (secondary N) is 1. The quantitative estimate of drug-likeness (QED) is 0.731. The summed E-state index contributed by atoms with van der Waals surface area (Å²) in [5.74, 6) is 1.36. The van der Waals surface area contributed by atoms with Crippen LogP contribution >= 0.6 is 11.6 Å². The van der Waals surface area contributed by atoms with E-state index in [4.69, 9.17) is 16.6 Å². The van der Waals surface area contributed by atoms with Gasteiger partial charge in [0, 0.05) is 48.8 Å². The average Bonchev–Trinajstić information content (AvgIpc) is 3.55. The van der Waals surface area contributed by atoms with Crippen molar-refractivity contribution >= 4 is 11.6 Å². The highest BCUT2D eigenvalue weighted by atomic mass is 35.5. The molecule has 1 fully saturated rings. The molecule has 0 unspecified atom stereocenters. The Labute approximate surface area is 168 Å². The Bertz CT molecular complexity index is 1070. The van der Waals surface area contributed by atoms with E-state index >= 15 is 0 Å². The molecule has 1 saturated carbocycles. The van der Waals surface area contributed by atoms with Gasteiger partial charge in [-0.15, -0.1) is 0 Å². The minimum atomic E-state index is 0.0313. The molecular formula is C22H21ClN4O. The summed E-state index contributed by atoms with van der Waals surface area (Å²) in [5, 5.41) is 0.702. The van der Waals surface area contributed by atoms with Gasteiger partial charge in [-0.3, -0.25) is 14.7 Å². The smallest absolute Gasteiger partial charge is 0.255 e. The topological polar surface area (TPSA) is 61.9 Å². The molecule has 0 saturated heterocycles. The first-order valence-electron chi connectivity index (χ1n) is 9.71. The molecule has 3 heterocycles. The number of rotatable bonds is 4. The maximum Gasteiger partial charge on any atom is 0.255 e. The van der Waals surface area contributed by atoms with Crippen molar-refractivity contribution in [2.45, 2.75) is 38.3 Å². The molecule has 1 aliphatic heterocycles. The summed E-state index contributed by atoms with van der Waals surface area (Å²) in [4.78, 5) is 27.1. The van der Waals surface area contributed by atoms with Crippen LogP contribution in [-0.4, -0.2) is 26.4 Å². The molecule has 2 aliphatic rings. The molecule has 3 aromatic rings. The van der Waals surface area contributed by atoms with Crippen LogP contribution in [0.4, 0.5) is 0 Å². The minimum Gasteiger partial charge on any atom is -0.310 e. The Morgan fingerprint density at radius 1 is 1.18 bits per heavy atom. The first-order chi connectivity index (χ1) is 13.7. The van der Waals surface area contributed by atoms with Gasteiger partial charge in [0.15, 0.2) is 0 Å². The second-order valence-corrected chi connectivity index (χ2v) is 8.05. The van der Waals surface area contributed by atoms with Crippen molar-refractivity contribution in [2.75, 3.05) is 6.54 Å². The van der Waals surface area contributed by atoms with Crippen LogP contribution in [0, 0.1) is 0 Å². The highest BCUT2D eigenvalue weighted by molar-refractivity contribution is 6.33. The van der Waals surface area contributed by atoms with E-state index in [0.29, 0.717) is 17.5 Å². The number of nitrogens with zero attached hydrogens (tertiary/aromatic N) is 3. The first kappa shape index (κ1) is 17.6. The normalized spacial score (nSPS) is 16.8. The van der Waals surface area contributed by atoms with Crippen molar-refractivity contribution in [1.82, 2.24) is 19.9 Å². The zero-order valence-corrected chi connectivity index (χ0v) is 16.2. The zero-order chi connectivity index (χ0) is 19.1. The fourth-order valence-corrected chi connectivity index (χ4v) is 4.02. The van der Waals surface area contributed by atoms with Gasteiger partial charge in [-0.1, -0.05) is 35.9 Å². The second kappa shape index (κ2) is 7.15. The van der Waals surface area contributed by atoms with Gasteiger partial charge in [0.25, 0.3) is 5.56 Å². The van der Waals surface area contributed by atoms with E-state index in [0.717, 1.165) is 66.3 Å². The molecule has 1 aromatic carbocycles. The lowest BCUT2D eigenvalue weighted by molar-refractivity contribution is 0.241. The van der Waals surface area contributed by atoms with Gasteiger partial charge in [-0.2, -0.15) is 0 Å². The van der Waals surface area contributed by atoms with Crippen molar-refractivity contribution in [3.63, 3.8) is 0 Å². The lowest BCUT2D eigenvalue weighted by Gasteiger charge is -2.27. The Balaban J connectivity index is 1.31. The number of H-pyrrole nitrogens is 1. The zero-order valence-electron chi connectivity index (χ0n) is 15.5. The van der Waals surface area contributed by atoms with Crippen molar-refractivity contribution in [2.24, 2.45) is 0 Å². The van der Waals surface area contributed by atoms with Crippen LogP contribution in [0.15, 0.2) is 47.4 Å². The molecule has 0 spiro atoms. The molecule has 0 amide bonds. The van der Waals surface area contributed by atoms with E-state index in [1.165, 1.54) is 0 Å². The molecule has 1 N–H and O–H groups in total. The predicted molar refractivity (Wildman–Crippen MR) is 109 cm³/mol. The van der Waals surface area contributed by atoms with E-state index in [1.807, 2.05) is 36.5 Å². The largest absolute Gasteiger partial charge is 0.310 e. The van der Waals surface area contributed by atoms with Crippen LogP contribution in [0.25, 0.3) is 11.3 Å². The SMILES string of the molecule is O=c1[nH]c(C2CC2)nc2c1CN(Cc1ccc(-c3ccccc3Cl)nc1)CC2. The molecule has 1 aliphatic carbocycles. The Hall–Kier alpha value is -2.50. The number of pyridine rings is 1. The fraction of sp³-hybridized carbons (Fsp3) is 0.318. The number of aromatic nitrogens is 3. The van der Waals surface area contributed by atoms with Gasteiger partial charge in [-0.25, -0.2) is 4.98 Å². The monoisotopic (exact) mass is 392 g/mol. The van der Waals surface area contributed by atoms with Crippen LogP contribution < -0.4 is 5.56 Å². The van der Waals surface area contributed by atoms with E-state index in [-0.39, 0.29) is 5.56 Å². The van der Waals surface area contributed by atoms with Crippen LogP contribution in [-0.2, 0) is 19.5 Å². The van der Waals surface area contributed by atoms with Gasteiger partial charge in [0.05, 0.1) is 17.0 Å². The number of halogens is 1. The molecule has 6 heteroatoms. The van der Waals surface area contributed by atoms with Crippen LogP contribution in [0.5, 0.6) is 0 Å². The molecule has 28 heavy (non-hydrogen) atoms. The van der Waals surface area contributed by atoms with E-state index in [9.17, 15) is 4.79 Å². The predicted octanol–water partition coefficient (Wildman–Crippen LogP) is 3.92. The molecule has 2 aromatic heterocycles. The minimum absolute atomic E-state index is 0.0313. The second-order valence-electron chi connectivity index (χ2n) is 7.64. The number of aromatic amines is 1. The van der Waals surface area contributed by atoms with Gasteiger partial charge in [0.2, 0.25) is 0 Å². The maximum atomic E-state index is 12.5. The summed E-state index contributed by atoms with van der Waals surface area (Å²) < 4.78 is 0. The lowest BCUT2D eigenvalue weighted by atomic mass is 10.1. The van der Waals surface area contributed by atoms with E-state index in [1.54, 1.807) is 0 Å². The third-order valence-electron chi connectivity index (χ3n) is 5.51. The van der Waals surface area contributed by atoms with Crippen molar-refractivity contribution in [3.8, 4) is 11.3 Å². The summed E-state index contributed by atoms with van der Waals surface area (Å²) in [6, 6.07) is 11.8. The standard InChI is InChI=1S/C22H21ClN4O/c23-18-4-2-1-3-16(18)19-8-5-14(11-24-19)12-27-10-9-20-17(13-27)22(28)26-21(25-20)15-6-7-15/h1-5,8,11,15H,6-7,9-10,12-13H2,(H,25,26,28). The highest BCUT2D eigenvalue weighted by Crippen LogP contribution is 2.37. The summed E-state index contributed by atoms with van der Waals surface area (Å²) >= 11 is 6.26. The molecule has 5 nitrogen and oxygen atoms in total. The summed E-state index contributed by atoms with van der Waals surface area (Å²) in [5.41, 5.74) is 4.76. The van der Waals surface area contributed by atoms with Crippen LogP contribution in [0.2, 0.25) is 5.02 Å². The Morgan fingerprint density at radius 3 is 2.79 bits per heavy atom. The number of fused-ring (bicyclic) bond motifs is 1. The lowest BCUT2D eigenvalue weighted by Crippen LogP contribution is -2.35. The van der Waals surface area contributed by atoms with E-state index in [2.05, 4.69) is 20.9 Å². The number of hydrogen-bond donors (Lipinski definition) is 1. The summed E-state index contributed by atoms with van der Waals surface area (Å²) in [7, 11) is 0. The molecule has 5 rings (SSSR count). The van der Waals surface area contributed by atoms with Crippen molar-refractivity contribution < 1.29 is 0 Å². The third-order valence-corrected chi connectivity index (χ3v) is 5.84. The molecule has 142 valence electrons. The first-order valence-corrected chi connectivity index (χ1v) is 10.1. The average molecular weight is 393 g/mol. The fourth-order valence-electron chi connectivity index (χ4n) is 3.79. The van der Waals surface area contributed by atoms with Gasteiger partial charge in [0.1, 0.15) is 5.82 Å². The Morgan fingerprint density at radius 2 is 2.04 bits per heavy atom. The number of benzene rings is 1. The summed E-state index contributed by atoms with van der Waals surface area (Å²) in [6.07, 6.45) is 5.01. The van der Waals surface area contributed by atoms with Crippen LogP contribution in [0.3, 0.4) is 0 Å². The third kappa shape index (κ3) is 3.48. The molecule has 0 radical (unpaired) electrons. The molecule has 0 atom stereocenters. The van der Waals surface area contributed by atoms with Crippen LogP contribution in [0.1, 0.15) is 41.4 Å². The van der Waals surface area contributed by atoms with Gasteiger partial charge in [-0.05, 0) is 30.5 Å². The highest BCUT2D eigenvalue weighted by Gasteiger charge is 2.29. The summed E-state index contributed by atoms with van der Waals surface area (Å²) in [6.45, 7) is 2.30. The van der Waals surface area contributed by atoms with E-state index < -0.39 is 0 Å². The Kier molecular flexibility index (Phi) is 4.49.